The van der Waals surface area contributed by atoms with Gasteiger partial charge in [-0.05, 0) is 12.5 Å². The zero-order valence-electron chi connectivity index (χ0n) is 8.48. The third kappa shape index (κ3) is 4.15. The van der Waals surface area contributed by atoms with Crippen molar-refractivity contribution in [2.45, 2.75) is 37.8 Å². The van der Waals surface area contributed by atoms with Crippen molar-refractivity contribution < 1.29 is 30.6 Å². The van der Waals surface area contributed by atoms with Gasteiger partial charge in [0.05, 0.1) is 6.61 Å². The van der Waals surface area contributed by atoms with Crippen LogP contribution in [0.4, 0.5) is 0 Å². The van der Waals surface area contributed by atoms with E-state index in [1.165, 1.54) is 6.08 Å². The molecule has 4 unspecified atom stereocenters. The molecule has 0 saturated heterocycles. The molecule has 0 rings (SSSR count). The van der Waals surface area contributed by atoms with E-state index in [0.29, 0.717) is 6.42 Å². The van der Waals surface area contributed by atoms with Gasteiger partial charge < -0.3 is 30.6 Å². The highest BCUT2D eigenvalue weighted by Crippen LogP contribution is 2.11. The van der Waals surface area contributed by atoms with Crippen LogP contribution in [0.15, 0.2) is 11.8 Å². The Labute approximate surface area is 87.7 Å². The Morgan fingerprint density at radius 2 is 1.67 bits per heavy atom. The Kier molecular flexibility index (Phi) is 6.46. The smallest absolute Gasteiger partial charge is 0.139 e. The van der Waals surface area contributed by atoms with Gasteiger partial charge in [-0.25, -0.2) is 0 Å². The first-order valence-corrected chi connectivity index (χ1v) is 4.67. The number of aliphatic hydroxyl groups is 6. The second-order valence-electron chi connectivity index (χ2n) is 3.21. The predicted molar refractivity (Wildman–Crippen MR) is 52.1 cm³/mol. The SMILES string of the molecule is CCC=C(O)C(O)C(O)C(O)C(O)CO. The van der Waals surface area contributed by atoms with E-state index in [4.69, 9.17) is 10.2 Å². The van der Waals surface area contributed by atoms with E-state index in [1.807, 2.05) is 0 Å². The summed E-state index contributed by atoms with van der Waals surface area (Å²) in [5.74, 6) is -0.478. The van der Waals surface area contributed by atoms with Crippen LogP contribution in [0, 0.1) is 0 Å². The molecule has 90 valence electrons. The molecule has 0 saturated carbocycles. The van der Waals surface area contributed by atoms with Crippen molar-refractivity contribution in [3.05, 3.63) is 11.8 Å². The molecule has 0 aliphatic heterocycles. The third-order valence-corrected chi connectivity index (χ3v) is 1.97. The molecule has 0 aliphatic rings. The molecule has 0 aromatic heterocycles. The maximum Gasteiger partial charge on any atom is 0.139 e. The summed E-state index contributed by atoms with van der Waals surface area (Å²) in [6.07, 6.45) is -5.00. The number of allylic oxidation sites excluding steroid dienone is 1. The Bertz CT molecular complexity index is 205. The molecule has 0 radical (unpaired) electrons. The van der Waals surface area contributed by atoms with Crippen molar-refractivity contribution in [2.75, 3.05) is 6.61 Å². The van der Waals surface area contributed by atoms with Gasteiger partial charge in [-0.1, -0.05) is 6.92 Å². The highest BCUT2D eigenvalue weighted by molar-refractivity contribution is 5.02. The lowest BCUT2D eigenvalue weighted by Crippen LogP contribution is -2.46. The number of hydrogen-bond acceptors (Lipinski definition) is 6. The molecule has 0 heterocycles. The van der Waals surface area contributed by atoms with Crippen LogP contribution in [-0.2, 0) is 0 Å². The first kappa shape index (κ1) is 14.3. The molecule has 0 spiro atoms. The van der Waals surface area contributed by atoms with Gasteiger partial charge in [0.1, 0.15) is 30.2 Å². The van der Waals surface area contributed by atoms with Gasteiger partial charge in [-0.15, -0.1) is 0 Å². The summed E-state index contributed by atoms with van der Waals surface area (Å²) in [6, 6.07) is 0. The van der Waals surface area contributed by atoms with E-state index >= 15 is 0 Å². The van der Waals surface area contributed by atoms with E-state index < -0.39 is 36.8 Å². The van der Waals surface area contributed by atoms with Crippen LogP contribution in [0.2, 0.25) is 0 Å². The maximum absolute atomic E-state index is 9.31. The summed E-state index contributed by atoms with van der Waals surface area (Å²) in [4.78, 5) is 0. The van der Waals surface area contributed by atoms with E-state index in [1.54, 1.807) is 6.92 Å². The standard InChI is InChI=1S/C9H18O6/c1-2-3-5(11)7(13)9(15)8(14)6(12)4-10/h3,6-15H,2,4H2,1H3. The van der Waals surface area contributed by atoms with Gasteiger partial charge in [0, 0.05) is 0 Å². The van der Waals surface area contributed by atoms with Crippen molar-refractivity contribution in [1.82, 2.24) is 0 Å². The molecule has 6 nitrogen and oxygen atoms in total. The fourth-order valence-electron chi connectivity index (χ4n) is 1.03. The molecule has 0 fully saturated rings. The van der Waals surface area contributed by atoms with Crippen LogP contribution in [0.25, 0.3) is 0 Å². The average Bonchev–Trinajstić information content (AvgIpc) is 2.25. The lowest BCUT2D eigenvalue weighted by Gasteiger charge is -2.25. The second-order valence-corrected chi connectivity index (χ2v) is 3.21. The van der Waals surface area contributed by atoms with Gasteiger partial charge in [-0.3, -0.25) is 0 Å². The number of aliphatic hydroxyl groups excluding tert-OH is 6. The van der Waals surface area contributed by atoms with Crippen LogP contribution in [-0.4, -0.2) is 61.7 Å². The number of rotatable bonds is 6. The quantitative estimate of drug-likeness (QED) is 0.297. The summed E-state index contributed by atoms with van der Waals surface area (Å²) in [5.41, 5.74) is 0. The maximum atomic E-state index is 9.31. The van der Waals surface area contributed by atoms with E-state index in [9.17, 15) is 20.4 Å². The molecule has 6 heteroatoms. The molecule has 0 aromatic carbocycles. The van der Waals surface area contributed by atoms with Gasteiger partial charge in [0.15, 0.2) is 0 Å². The largest absolute Gasteiger partial charge is 0.510 e. The van der Waals surface area contributed by atoms with Crippen LogP contribution < -0.4 is 0 Å². The Hall–Kier alpha value is -0.660. The lowest BCUT2D eigenvalue weighted by atomic mass is 10.0. The average molecular weight is 222 g/mol. The Morgan fingerprint density at radius 3 is 2.07 bits per heavy atom. The molecule has 15 heavy (non-hydrogen) atoms. The normalized spacial score (nSPS) is 20.8. The van der Waals surface area contributed by atoms with Crippen LogP contribution in [0.1, 0.15) is 13.3 Å². The summed E-state index contributed by atoms with van der Waals surface area (Å²) < 4.78 is 0. The summed E-state index contributed by atoms with van der Waals surface area (Å²) in [6.45, 7) is 0.970. The van der Waals surface area contributed by atoms with Gasteiger partial charge in [0.2, 0.25) is 0 Å². The fraction of sp³-hybridized carbons (Fsp3) is 0.778. The monoisotopic (exact) mass is 222 g/mol. The number of hydrogen-bond donors (Lipinski definition) is 6. The Balaban J connectivity index is 4.42. The molecule has 0 bridgehead atoms. The fourth-order valence-corrected chi connectivity index (χ4v) is 1.03. The van der Waals surface area contributed by atoms with Crippen molar-refractivity contribution in [3.8, 4) is 0 Å². The minimum Gasteiger partial charge on any atom is -0.510 e. The zero-order valence-corrected chi connectivity index (χ0v) is 8.48. The third-order valence-electron chi connectivity index (χ3n) is 1.97. The van der Waals surface area contributed by atoms with Crippen molar-refractivity contribution in [2.24, 2.45) is 0 Å². The topological polar surface area (TPSA) is 121 Å². The molecular weight excluding hydrogens is 204 g/mol. The molecular formula is C9H18O6. The second kappa shape index (κ2) is 6.76. The summed E-state index contributed by atoms with van der Waals surface area (Å²) in [7, 11) is 0. The van der Waals surface area contributed by atoms with Crippen LogP contribution in [0.5, 0.6) is 0 Å². The molecule has 6 N–H and O–H groups in total. The summed E-state index contributed by atoms with van der Waals surface area (Å²) >= 11 is 0. The predicted octanol–water partition coefficient (Wildman–Crippen LogP) is -1.73. The molecule has 0 amide bonds. The summed E-state index contributed by atoms with van der Waals surface area (Å²) in [5, 5.41) is 54.5. The minimum atomic E-state index is -1.75. The lowest BCUT2D eigenvalue weighted by molar-refractivity contribution is -0.113. The van der Waals surface area contributed by atoms with Crippen molar-refractivity contribution >= 4 is 0 Å². The highest BCUT2D eigenvalue weighted by atomic mass is 16.4. The first-order chi connectivity index (χ1) is 6.95. The van der Waals surface area contributed by atoms with Crippen LogP contribution in [0.3, 0.4) is 0 Å². The molecule has 0 aromatic rings. The van der Waals surface area contributed by atoms with Crippen LogP contribution >= 0.6 is 0 Å². The minimum absolute atomic E-state index is 0.453. The van der Waals surface area contributed by atoms with Crippen molar-refractivity contribution in [3.63, 3.8) is 0 Å². The molecule has 0 aliphatic carbocycles. The van der Waals surface area contributed by atoms with E-state index in [2.05, 4.69) is 0 Å². The molecule has 4 atom stereocenters. The van der Waals surface area contributed by atoms with E-state index in [0.717, 1.165) is 0 Å². The van der Waals surface area contributed by atoms with Gasteiger partial charge in [0.25, 0.3) is 0 Å². The van der Waals surface area contributed by atoms with Gasteiger partial charge >= 0.3 is 0 Å². The van der Waals surface area contributed by atoms with E-state index in [-0.39, 0.29) is 0 Å². The van der Waals surface area contributed by atoms with Gasteiger partial charge in [-0.2, -0.15) is 0 Å². The Morgan fingerprint density at radius 1 is 1.13 bits per heavy atom. The van der Waals surface area contributed by atoms with Crippen molar-refractivity contribution in [1.29, 1.82) is 0 Å². The zero-order chi connectivity index (χ0) is 12.0. The first-order valence-electron chi connectivity index (χ1n) is 4.67. The highest BCUT2D eigenvalue weighted by Gasteiger charge is 2.31.